The van der Waals surface area contributed by atoms with Gasteiger partial charge in [0.15, 0.2) is 0 Å². The first kappa shape index (κ1) is 20.7. The first-order valence-corrected chi connectivity index (χ1v) is 10.7. The third-order valence-corrected chi connectivity index (χ3v) is 6.72. The molecule has 3 rings (SSSR count). The number of aromatic nitrogens is 2. The summed E-state index contributed by atoms with van der Waals surface area (Å²) in [4.78, 5) is 37.7. The molecule has 2 fully saturated rings. The van der Waals surface area contributed by atoms with Gasteiger partial charge in [-0.05, 0) is 38.0 Å². The van der Waals surface area contributed by atoms with E-state index in [2.05, 4.69) is 28.7 Å². The van der Waals surface area contributed by atoms with E-state index in [1.807, 2.05) is 4.90 Å². The first-order chi connectivity index (χ1) is 13.4. The van der Waals surface area contributed by atoms with Crippen LogP contribution in [0.2, 0.25) is 0 Å². The predicted octanol–water partition coefficient (Wildman–Crippen LogP) is 3.42. The summed E-state index contributed by atoms with van der Waals surface area (Å²) in [5, 5.41) is 0. The van der Waals surface area contributed by atoms with Crippen molar-refractivity contribution in [2.45, 2.75) is 78.3 Å². The van der Waals surface area contributed by atoms with E-state index >= 15 is 0 Å². The number of likely N-dealkylation sites (tertiary alicyclic amines) is 1. The summed E-state index contributed by atoms with van der Waals surface area (Å²) >= 11 is 0. The first-order valence-electron chi connectivity index (χ1n) is 10.7. The quantitative estimate of drug-likeness (QED) is 0.778. The zero-order valence-corrected chi connectivity index (χ0v) is 17.6. The molecular weight excluding hydrogens is 352 g/mol. The number of hydrogen-bond donors (Lipinski definition) is 0. The largest absolute Gasteiger partial charge is 0.342 e. The molecule has 0 radical (unpaired) electrons. The molecule has 1 aromatic heterocycles. The summed E-state index contributed by atoms with van der Waals surface area (Å²) in [6.45, 7) is 7.94. The topological polar surface area (TPSA) is 66.4 Å². The van der Waals surface area contributed by atoms with E-state index in [-0.39, 0.29) is 17.4 Å². The maximum atomic E-state index is 13.3. The summed E-state index contributed by atoms with van der Waals surface area (Å²) < 4.78 is 0. The van der Waals surface area contributed by atoms with Crippen molar-refractivity contribution in [2.24, 2.45) is 11.3 Å². The third-order valence-electron chi connectivity index (χ3n) is 6.72. The van der Waals surface area contributed by atoms with Crippen molar-refractivity contribution in [1.29, 1.82) is 0 Å². The average molecular weight is 387 g/mol. The molecule has 0 spiro atoms. The number of amides is 2. The fourth-order valence-corrected chi connectivity index (χ4v) is 4.93. The monoisotopic (exact) mass is 386 g/mol. The second-order valence-electron chi connectivity index (χ2n) is 8.97. The molecule has 1 saturated heterocycles. The van der Waals surface area contributed by atoms with Crippen molar-refractivity contribution in [3.63, 3.8) is 0 Å². The summed E-state index contributed by atoms with van der Waals surface area (Å²) in [6.07, 6.45) is 12.6. The Morgan fingerprint density at radius 1 is 1.07 bits per heavy atom. The molecule has 6 heteroatoms. The molecule has 154 valence electrons. The maximum Gasteiger partial charge on any atom is 0.228 e. The van der Waals surface area contributed by atoms with E-state index in [4.69, 9.17) is 0 Å². The van der Waals surface area contributed by atoms with Crippen molar-refractivity contribution in [3.05, 3.63) is 24.3 Å². The second-order valence-corrected chi connectivity index (χ2v) is 8.97. The van der Waals surface area contributed by atoms with E-state index in [1.54, 1.807) is 19.3 Å². The molecular formula is C22H34N4O2. The minimum absolute atomic E-state index is 0.0694. The van der Waals surface area contributed by atoms with Gasteiger partial charge in [0, 0.05) is 56.0 Å². The Balaban J connectivity index is 1.64. The molecule has 28 heavy (non-hydrogen) atoms. The highest BCUT2D eigenvalue weighted by atomic mass is 16.2. The van der Waals surface area contributed by atoms with E-state index in [1.165, 1.54) is 32.0 Å². The van der Waals surface area contributed by atoms with Crippen molar-refractivity contribution in [1.82, 2.24) is 19.8 Å². The zero-order chi connectivity index (χ0) is 20.1. The van der Waals surface area contributed by atoms with Crippen LogP contribution >= 0.6 is 0 Å². The molecule has 1 atom stereocenters. The highest BCUT2D eigenvalue weighted by molar-refractivity contribution is 5.82. The average Bonchev–Trinajstić information content (AvgIpc) is 3.13. The summed E-state index contributed by atoms with van der Waals surface area (Å²) in [7, 11) is 0. The smallest absolute Gasteiger partial charge is 0.228 e. The third kappa shape index (κ3) is 4.70. The lowest BCUT2D eigenvalue weighted by molar-refractivity contribution is -0.143. The van der Waals surface area contributed by atoms with Crippen LogP contribution in [0.3, 0.4) is 0 Å². The van der Waals surface area contributed by atoms with Gasteiger partial charge in [-0.3, -0.25) is 9.59 Å². The van der Waals surface area contributed by atoms with Crippen molar-refractivity contribution in [3.8, 4) is 0 Å². The van der Waals surface area contributed by atoms with Crippen LogP contribution in [0.5, 0.6) is 0 Å². The van der Waals surface area contributed by atoms with Crippen LogP contribution < -0.4 is 0 Å². The summed E-state index contributed by atoms with van der Waals surface area (Å²) in [5.41, 5.74) is 0.662. The van der Waals surface area contributed by atoms with E-state index in [0.717, 1.165) is 37.9 Å². The lowest BCUT2D eigenvalue weighted by Crippen LogP contribution is -2.45. The van der Waals surface area contributed by atoms with Gasteiger partial charge < -0.3 is 9.80 Å². The molecule has 0 N–H and O–H groups in total. The van der Waals surface area contributed by atoms with Gasteiger partial charge >= 0.3 is 0 Å². The summed E-state index contributed by atoms with van der Waals surface area (Å²) in [5.74, 6) is 0.872. The Kier molecular flexibility index (Phi) is 6.68. The Hall–Kier alpha value is -1.98. The molecule has 1 saturated carbocycles. The number of carbonyl (C=O) groups excluding carboxylic acids is 2. The minimum atomic E-state index is -0.280. The van der Waals surface area contributed by atoms with Crippen LogP contribution in [0.1, 0.15) is 71.3 Å². The van der Waals surface area contributed by atoms with Gasteiger partial charge in [-0.2, -0.15) is 0 Å². The summed E-state index contributed by atoms with van der Waals surface area (Å²) in [6, 6.07) is 0.157. The van der Waals surface area contributed by atoms with Gasteiger partial charge in [0.2, 0.25) is 11.8 Å². The van der Waals surface area contributed by atoms with Crippen molar-refractivity contribution >= 4 is 11.8 Å². The molecule has 2 aliphatic rings. The molecule has 1 aliphatic carbocycles. The Morgan fingerprint density at radius 2 is 1.75 bits per heavy atom. The van der Waals surface area contributed by atoms with E-state index in [0.29, 0.717) is 18.4 Å². The van der Waals surface area contributed by atoms with Crippen LogP contribution in [-0.4, -0.2) is 50.7 Å². The predicted molar refractivity (Wildman–Crippen MR) is 108 cm³/mol. The fraction of sp³-hybridized carbons (Fsp3) is 0.727. The minimum Gasteiger partial charge on any atom is -0.342 e. The van der Waals surface area contributed by atoms with Crippen LogP contribution in [0, 0.1) is 11.3 Å². The zero-order valence-electron chi connectivity index (χ0n) is 17.6. The second kappa shape index (κ2) is 9.01. The fourth-order valence-electron chi connectivity index (χ4n) is 4.93. The molecule has 0 bridgehead atoms. The van der Waals surface area contributed by atoms with Crippen LogP contribution in [0.4, 0.5) is 0 Å². The molecule has 1 aromatic rings. The van der Waals surface area contributed by atoms with Gasteiger partial charge in [0.05, 0.1) is 0 Å². The number of hydrogen-bond acceptors (Lipinski definition) is 4. The SMILES string of the molecule is CC(=O)N(Cc1cncnc1)C1CCCN(C(=O)C(C)(C)C2CCCC2)CC1. The van der Waals surface area contributed by atoms with Gasteiger partial charge in [-0.1, -0.05) is 26.7 Å². The molecule has 0 aromatic carbocycles. The molecule has 6 nitrogen and oxygen atoms in total. The van der Waals surface area contributed by atoms with E-state index in [9.17, 15) is 9.59 Å². The number of carbonyl (C=O) groups is 2. The van der Waals surface area contributed by atoms with Gasteiger partial charge in [0.25, 0.3) is 0 Å². The van der Waals surface area contributed by atoms with Gasteiger partial charge in [-0.15, -0.1) is 0 Å². The van der Waals surface area contributed by atoms with Gasteiger partial charge in [-0.25, -0.2) is 9.97 Å². The standard InChI is InChI=1S/C22H34N4O2/c1-17(27)26(15-18-13-23-16-24-14-18)20-9-6-11-25(12-10-20)21(28)22(2,3)19-7-4-5-8-19/h13-14,16,19-20H,4-12,15H2,1-3H3. The Morgan fingerprint density at radius 3 is 2.39 bits per heavy atom. The normalized spacial score (nSPS) is 21.4. The Labute approximate surface area is 168 Å². The van der Waals surface area contributed by atoms with Crippen molar-refractivity contribution < 1.29 is 9.59 Å². The van der Waals surface area contributed by atoms with Crippen LogP contribution in [0.15, 0.2) is 18.7 Å². The molecule has 2 amide bonds. The molecule has 2 heterocycles. The molecule has 1 unspecified atom stereocenters. The highest BCUT2D eigenvalue weighted by Crippen LogP contribution is 2.41. The Bertz CT molecular complexity index is 670. The lowest BCUT2D eigenvalue weighted by Gasteiger charge is -2.36. The number of rotatable bonds is 5. The van der Waals surface area contributed by atoms with Crippen molar-refractivity contribution in [2.75, 3.05) is 13.1 Å². The van der Waals surface area contributed by atoms with Gasteiger partial charge in [0.1, 0.15) is 6.33 Å². The van der Waals surface area contributed by atoms with Crippen LogP contribution in [-0.2, 0) is 16.1 Å². The number of nitrogens with zero attached hydrogens (tertiary/aromatic N) is 4. The van der Waals surface area contributed by atoms with Crippen LogP contribution in [0.25, 0.3) is 0 Å². The lowest BCUT2D eigenvalue weighted by atomic mass is 9.76. The molecule has 1 aliphatic heterocycles. The van der Waals surface area contributed by atoms with E-state index < -0.39 is 0 Å². The maximum absolute atomic E-state index is 13.3. The highest BCUT2D eigenvalue weighted by Gasteiger charge is 2.41.